The van der Waals surface area contributed by atoms with Crippen LogP contribution in [-0.2, 0) is 10.0 Å². The molecule has 32 heavy (non-hydrogen) atoms. The third-order valence-corrected chi connectivity index (χ3v) is 8.46. The maximum absolute atomic E-state index is 13.6. The molecule has 0 unspecified atom stereocenters. The molecule has 0 aliphatic carbocycles. The zero-order valence-corrected chi connectivity index (χ0v) is 20.7. The van der Waals surface area contributed by atoms with Crippen molar-refractivity contribution in [2.75, 3.05) is 37.7 Å². The number of aromatic nitrogens is 1. The van der Waals surface area contributed by atoms with Crippen LogP contribution in [0.25, 0.3) is 11.3 Å². The number of benzene rings is 2. The van der Waals surface area contributed by atoms with E-state index in [-0.39, 0.29) is 4.90 Å². The number of hydrogen-bond acceptors (Lipinski definition) is 6. The number of thiazole rings is 1. The van der Waals surface area contributed by atoms with Crippen LogP contribution < -0.4 is 9.64 Å². The molecular formula is C23H26ClN3O3S2. The standard InChI is InChI=1S/C23H26ClN3O3S2/c1-4-30-22-8-6-18(20-15-31-17(3)25-20)13-23(22)32(28,29)27-11-9-26(10-12-27)21-14-19(24)7-5-16(21)2/h5-8,13-15H,4,9-12H2,1-3H3. The Morgan fingerprint density at radius 3 is 2.50 bits per heavy atom. The van der Waals surface area contributed by atoms with E-state index in [1.54, 1.807) is 12.1 Å². The fourth-order valence-electron chi connectivity index (χ4n) is 3.87. The van der Waals surface area contributed by atoms with Crippen LogP contribution in [0, 0.1) is 13.8 Å². The number of aryl methyl sites for hydroxylation is 2. The molecule has 0 atom stereocenters. The van der Waals surface area contributed by atoms with Gasteiger partial charge in [-0.05, 0) is 56.7 Å². The summed E-state index contributed by atoms with van der Waals surface area (Å²) in [4.78, 5) is 6.88. The number of piperazine rings is 1. The van der Waals surface area contributed by atoms with Crippen molar-refractivity contribution in [1.82, 2.24) is 9.29 Å². The van der Waals surface area contributed by atoms with Crippen LogP contribution in [0.2, 0.25) is 5.02 Å². The number of sulfonamides is 1. The predicted octanol–water partition coefficient (Wildman–Crippen LogP) is 4.99. The molecule has 1 fully saturated rings. The summed E-state index contributed by atoms with van der Waals surface area (Å²) in [6.45, 7) is 8.17. The first kappa shape index (κ1) is 23.0. The molecule has 170 valence electrons. The summed E-state index contributed by atoms with van der Waals surface area (Å²) in [7, 11) is -3.73. The minimum Gasteiger partial charge on any atom is -0.492 e. The molecule has 1 aliphatic heterocycles. The third kappa shape index (κ3) is 4.64. The van der Waals surface area contributed by atoms with E-state index in [0.29, 0.717) is 43.6 Å². The number of rotatable bonds is 6. The van der Waals surface area contributed by atoms with Gasteiger partial charge in [-0.25, -0.2) is 13.4 Å². The Kier molecular flexibility index (Phi) is 6.76. The summed E-state index contributed by atoms with van der Waals surface area (Å²) in [6, 6.07) is 11.1. The lowest BCUT2D eigenvalue weighted by molar-refractivity contribution is 0.327. The number of nitrogens with zero attached hydrogens (tertiary/aromatic N) is 3. The zero-order chi connectivity index (χ0) is 22.9. The van der Waals surface area contributed by atoms with Gasteiger partial charge in [0.05, 0.1) is 17.3 Å². The Morgan fingerprint density at radius 2 is 1.84 bits per heavy atom. The molecule has 0 saturated carbocycles. The van der Waals surface area contributed by atoms with Crippen molar-refractivity contribution in [1.29, 1.82) is 0 Å². The molecule has 0 amide bonds. The molecule has 0 spiro atoms. The second kappa shape index (κ2) is 9.39. The summed E-state index contributed by atoms with van der Waals surface area (Å²) in [5, 5.41) is 3.55. The highest BCUT2D eigenvalue weighted by atomic mass is 35.5. The van der Waals surface area contributed by atoms with Crippen molar-refractivity contribution in [3.63, 3.8) is 0 Å². The average molecular weight is 492 g/mol. The van der Waals surface area contributed by atoms with Crippen LogP contribution in [0.3, 0.4) is 0 Å². The minimum atomic E-state index is -3.73. The molecule has 2 aromatic carbocycles. The van der Waals surface area contributed by atoms with E-state index in [1.807, 2.05) is 50.4 Å². The Hall–Kier alpha value is -2.13. The first-order chi connectivity index (χ1) is 15.3. The molecule has 3 aromatic rings. The molecule has 1 saturated heterocycles. The van der Waals surface area contributed by atoms with Crippen molar-refractivity contribution in [2.24, 2.45) is 0 Å². The maximum atomic E-state index is 13.6. The summed E-state index contributed by atoms with van der Waals surface area (Å²) >= 11 is 7.72. The highest BCUT2D eigenvalue weighted by Crippen LogP contribution is 2.33. The summed E-state index contributed by atoms with van der Waals surface area (Å²) in [6.07, 6.45) is 0. The van der Waals surface area contributed by atoms with E-state index in [0.717, 1.165) is 27.5 Å². The second-order valence-corrected chi connectivity index (χ2v) is 11.1. The molecule has 2 heterocycles. The Bertz CT molecular complexity index is 1220. The normalized spacial score (nSPS) is 15.2. The fraction of sp³-hybridized carbons (Fsp3) is 0.348. The van der Waals surface area contributed by atoms with Gasteiger partial charge in [-0.1, -0.05) is 17.7 Å². The fourth-order valence-corrected chi connectivity index (χ4v) is 6.24. The predicted molar refractivity (Wildman–Crippen MR) is 131 cm³/mol. The number of anilines is 1. The average Bonchev–Trinajstić information content (AvgIpc) is 3.22. The third-order valence-electron chi connectivity index (χ3n) is 5.53. The van der Waals surface area contributed by atoms with Gasteiger partial charge < -0.3 is 9.64 Å². The second-order valence-electron chi connectivity index (χ2n) is 7.67. The quantitative estimate of drug-likeness (QED) is 0.486. The van der Waals surface area contributed by atoms with Crippen LogP contribution in [0.1, 0.15) is 17.5 Å². The van der Waals surface area contributed by atoms with Crippen LogP contribution in [-0.4, -0.2) is 50.5 Å². The first-order valence-electron chi connectivity index (χ1n) is 10.5. The van der Waals surface area contributed by atoms with Gasteiger partial charge in [0.15, 0.2) is 0 Å². The van der Waals surface area contributed by atoms with Gasteiger partial charge in [-0.2, -0.15) is 4.31 Å². The molecular weight excluding hydrogens is 466 g/mol. The monoisotopic (exact) mass is 491 g/mol. The van der Waals surface area contributed by atoms with Crippen LogP contribution in [0.5, 0.6) is 5.75 Å². The number of hydrogen-bond donors (Lipinski definition) is 0. The largest absolute Gasteiger partial charge is 0.492 e. The Labute approximate surface area is 198 Å². The highest BCUT2D eigenvalue weighted by molar-refractivity contribution is 7.89. The first-order valence-corrected chi connectivity index (χ1v) is 13.2. The van der Waals surface area contributed by atoms with Gasteiger partial charge >= 0.3 is 0 Å². The van der Waals surface area contributed by atoms with E-state index >= 15 is 0 Å². The van der Waals surface area contributed by atoms with Crippen molar-refractivity contribution >= 4 is 38.6 Å². The topological polar surface area (TPSA) is 62.7 Å². The molecule has 0 N–H and O–H groups in total. The van der Waals surface area contributed by atoms with Gasteiger partial charge in [0.2, 0.25) is 10.0 Å². The van der Waals surface area contributed by atoms with Crippen LogP contribution >= 0.6 is 22.9 Å². The van der Waals surface area contributed by atoms with Crippen molar-refractivity contribution in [3.8, 4) is 17.0 Å². The van der Waals surface area contributed by atoms with Crippen LogP contribution in [0.15, 0.2) is 46.7 Å². The summed E-state index contributed by atoms with van der Waals surface area (Å²) < 4.78 is 34.5. The van der Waals surface area contributed by atoms with Crippen LogP contribution in [0.4, 0.5) is 5.69 Å². The number of ether oxygens (including phenoxy) is 1. The lowest BCUT2D eigenvalue weighted by Gasteiger charge is -2.36. The van der Waals surface area contributed by atoms with E-state index in [9.17, 15) is 8.42 Å². The Balaban J connectivity index is 1.61. The van der Waals surface area contributed by atoms with Gasteiger partial charge in [0.25, 0.3) is 0 Å². The highest BCUT2D eigenvalue weighted by Gasteiger charge is 2.32. The van der Waals surface area contributed by atoms with E-state index < -0.39 is 10.0 Å². The molecule has 6 nitrogen and oxygen atoms in total. The van der Waals surface area contributed by atoms with E-state index in [1.165, 1.54) is 15.6 Å². The minimum absolute atomic E-state index is 0.190. The van der Waals surface area contributed by atoms with Crippen molar-refractivity contribution < 1.29 is 13.2 Å². The summed E-state index contributed by atoms with van der Waals surface area (Å²) in [5.74, 6) is 0.372. The van der Waals surface area contributed by atoms with Crippen molar-refractivity contribution in [2.45, 2.75) is 25.7 Å². The SMILES string of the molecule is CCOc1ccc(-c2csc(C)n2)cc1S(=O)(=O)N1CCN(c2cc(Cl)ccc2C)CC1. The van der Waals surface area contributed by atoms with Gasteiger partial charge in [-0.15, -0.1) is 11.3 Å². The maximum Gasteiger partial charge on any atom is 0.246 e. The lowest BCUT2D eigenvalue weighted by Crippen LogP contribution is -2.48. The lowest BCUT2D eigenvalue weighted by atomic mass is 10.1. The Morgan fingerprint density at radius 1 is 1.09 bits per heavy atom. The smallest absolute Gasteiger partial charge is 0.246 e. The number of halogens is 1. The van der Waals surface area contributed by atoms with Crippen molar-refractivity contribution in [3.05, 3.63) is 57.4 Å². The summed E-state index contributed by atoms with van der Waals surface area (Å²) in [5.41, 5.74) is 3.71. The molecule has 9 heteroatoms. The van der Waals surface area contributed by atoms with E-state index in [4.69, 9.17) is 16.3 Å². The van der Waals surface area contributed by atoms with Gasteiger partial charge in [-0.3, -0.25) is 0 Å². The zero-order valence-electron chi connectivity index (χ0n) is 18.3. The van der Waals surface area contributed by atoms with Gasteiger partial charge in [0.1, 0.15) is 10.6 Å². The molecule has 1 aromatic heterocycles. The molecule has 0 radical (unpaired) electrons. The molecule has 0 bridgehead atoms. The van der Waals surface area contributed by atoms with Gasteiger partial charge in [0, 0.05) is 47.8 Å². The molecule has 4 rings (SSSR count). The molecule has 1 aliphatic rings. The van der Waals surface area contributed by atoms with E-state index in [2.05, 4.69) is 9.88 Å².